The highest BCUT2D eigenvalue weighted by Crippen LogP contribution is 2.28. The van der Waals surface area contributed by atoms with Crippen LogP contribution in [-0.4, -0.2) is 38.2 Å². The summed E-state index contributed by atoms with van der Waals surface area (Å²) in [6.45, 7) is 3.41. The molecule has 0 bridgehead atoms. The van der Waals surface area contributed by atoms with Gasteiger partial charge in [-0.15, -0.1) is 24.8 Å². The number of hydrogen-bond donors (Lipinski definition) is 1. The highest BCUT2D eigenvalue weighted by Gasteiger charge is 2.24. The molecule has 1 fully saturated rings. The molecule has 0 saturated carbocycles. The first-order valence-electron chi connectivity index (χ1n) is 6.41. The summed E-state index contributed by atoms with van der Waals surface area (Å²) in [5.41, 5.74) is 0.573. The van der Waals surface area contributed by atoms with Gasteiger partial charge in [-0.25, -0.2) is 4.39 Å². The molecule has 118 valence electrons. The lowest BCUT2D eigenvalue weighted by atomic mass is 10.0. The number of rotatable bonds is 4. The molecule has 1 heterocycles. The summed E-state index contributed by atoms with van der Waals surface area (Å²) < 4.78 is 19.1. The van der Waals surface area contributed by atoms with E-state index in [9.17, 15) is 4.39 Å². The smallest absolute Gasteiger partial charge is 0.131 e. The molecule has 1 atom stereocenters. The Labute approximate surface area is 137 Å². The fourth-order valence-corrected chi connectivity index (χ4v) is 2.42. The molecule has 4 nitrogen and oxygen atoms in total. The highest BCUT2D eigenvalue weighted by atomic mass is 35.5. The van der Waals surface area contributed by atoms with Gasteiger partial charge in [0.1, 0.15) is 11.6 Å². The van der Waals surface area contributed by atoms with E-state index in [0.29, 0.717) is 17.7 Å². The van der Waals surface area contributed by atoms with E-state index in [4.69, 9.17) is 10.00 Å². The summed E-state index contributed by atoms with van der Waals surface area (Å²) >= 11 is 0. The lowest BCUT2D eigenvalue weighted by Gasteiger charge is -2.34. The first-order chi connectivity index (χ1) is 9.26. The molecular formula is C14H20Cl2FN3O. The number of nitrogens with one attached hydrogen (secondary N) is 1. The SMILES string of the molecule is COc1ccc([C@@H](CC#N)N2CCNCC2)c(F)c1.Cl.Cl. The number of methoxy groups -OCH3 is 1. The molecule has 1 aliphatic heterocycles. The zero-order chi connectivity index (χ0) is 13.7. The summed E-state index contributed by atoms with van der Waals surface area (Å²) in [6, 6.07) is 6.82. The molecule has 0 aromatic heterocycles. The van der Waals surface area contributed by atoms with Crippen molar-refractivity contribution in [2.45, 2.75) is 12.5 Å². The van der Waals surface area contributed by atoms with E-state index in [1.54, 1.807) is 12.1 Å². The maximum atomic E-state index is 14.1. The average Bonchev–Trinajstić information content (AvgIpc) is 2.46. The molecule has 0 spiro atoms. The molecule has 2 rings (SSSR count). The zero-order valence-electron chi connectivity index (χ0n) is 11.8. The van der Waals surface area contributed by atoms with Crippen LogP contribution >= 0.6 is 24.8 Å². The monoisotopic (exact) mass is 335 g/mol. The van der Waals surface area contributed by atoms with Gasteiger partial charge in [-0.3, -0.25) is 4.90 Å². The lowest BCUT2D eigenvalue weighted by molar-refractivity contribution is 0.172. The normalized spacial score (nSPS) is 16.0. The van der Waals surface area contributed by atoms with Crippen molar-refractivity contribution in [3.05, 3.63) is 29.6 Å². The second kappa shape index (κ2) is 9.80. The first kappa shape index (κ1) is 19.9. The molecule has 0 aliphatic carbocycles. The van der Waals surface area contributed by atoms with Crippen molar-refractivity contribution >= 4 is 24.8 Å². The van der Waals surface area contributed by atoms with Crippen LogP contribution in [0, 0.1) is 17.1 Å². The number of benzene rings is 1. The van der Waals surface area contributed by atoms with Gasteiger partial charge in [0.15, 0.2) is 0 Å². The third-order valence-electron chi connectivity index (χ3n) is 3.44. The van der Waals surface area contributed by atoms with E-state index in [-0.39, 0.29) is 36.7 Å². The Morgan fingerprint density at radius 3 is 2.57 bits per heavy atom. The van der Waals surface area contributed by atoms with Gasteiger partial charge in [-0.05, 0) is 6.07 Å². The van der Waals surface area contributed by atoms with Gasteiger partial charge in [0.25, 0.3) is 0 Å². The Morgan fingerprint density at radius 2 is 2.05 bits per heavy atom. The van der Waals surface area contributed by atoms with E-state index in [1.807, 2.05) is 0 Å². The van der Waals surface area contributed by atoms with Crippen molar-refractivity contribution in [3.63, 3.8) is 0 Å². The van der Waals surface area contributed by atoms with E-state index < -0.39 is 0 Å². The van der Waals surface area contributed by atoms with Crippen molar-refractivity contribution in [2.24, 2.45) is 0 Å². The van der Waals surface area contributed by atoms with E-state index in [1.165, 1.54) is 13.2 Å². The second-order valence-corrected chi connectivity index (χ2v) is 4.55. The van der Waals surface area contributed by atoms with Crippen molar-refractivity contribution in [1.29, 1.82) is 5.26 Å². The van der Waals surface area contributed by atoms with Crippen LogP contribution in [0.4, 0.5) is 4.39 Å². The predicted octanol–water partition coefficient (Wildman–Crippen LogP) is 2.54. The van der Waals surface area contributed by atoms with Gasteiger partial charge in [-0.1, -0.05) is 6.07 Å². The quantitative estimate of drug-likeness (QED) is 0.918. The molecule has 0 amide bonds. The Balaban J connectivity index is 0.00000200. The van der Waals surface area contributed by atoms with Crippen molar-refractivity contribution in [3.8, 4) is 11.8 Å². The Kier molecular flexibility index (Phi) is 9.31. The van der Waals surface area contributed by atoms with Crippen LogP contribution in [0.25, 0.3) is 0 Å². The third-order valence-corrected chi connectivity index (χ3v) is 3.44. The van der Waals surface area contributed by atoms with Crippen LogP contribution in [0.2, 0.25) is 0 Å². The maximum absolute atomic E-state index is 14.1. The van der Waals surface area contributed by atoms with Crippen molar-refractivity contribution in [2.75, 3.05) is 33.3 Å². The molecule has 0 unspecified atom stereocenters. The minimum absolute atomic E-state index is 0. The standard InChI is InChI=1S/C14H18FN3O.2ClH/c1-19-11-2-3-12(13(15)10-11)14(4-5-16)18-8-6-17-7-9-18;;/h2-3,10,14,17H,4,6-9H2,1H3;2*1H/t14-;;/m1../s1. The van der Waals surface area contributed by atoms with Gasteiger partial charge in [0.05, 0.1) is 25.6 Å². The van der Waals surface area contributed by atoms with E-state index >= 15 is 0 Å². The summed E-state index contributed by atoms with van der Waals surface area (Å²) in [6.07, 6.45) is 0.295. The Bertz CT molecular complexity index is 476. The molecule has 1 aromatic rings. The number of halogens is 3. The molecule has 1 aliphatic rings. The Hall–Kier alpha value is -1.06. The number of nitriles is 1. The van der Waals surface area contributed by atoms with E-state index in [0.717, 1.165) is 26.2 Å². The molecule has 1 N–H and O–H groups in total. The third kappa shape index (κ3) is 5.01. The second-order valence-electron chi connectivity index (χ2n) is 4.55. The largest absolute Gasteiger partial charge is 0.497 e. The van der Waals surface area contributed by atoms with Gasteiger partial charge >= 0.3 is 0 Å². The van der Waals surface area contributed by atoms with Crippen LogP contribution in [0.3, 0.4) is 0 Å². The first-order valence-corrected chi connectivity index (χ1v) is 6.41. The van der Waals surface area contributed by atoms with Crippen LogP contribution in [0.1, 0.15) is 18.0 Å². The predicted molar refractivity (Wildman–Crippen MR) is 84.9 cm³/mol. The van der Waals surface area contributed by atoms with Crippen LogP contribution in [0.15, 0.2) is 18.2 Å². The van der Waals surface area contributed by atoms with Crippen LogP contribution in [-0.2, 0) is 0 Å². The number of ether oxygens (including phenoxy) is 1. The highest BCUT2D eigenvalue weighted by molar-refractivity contribution is 5.85. The maximum Gasteiger partial charge on any atom is 0.131 e. The minimum Gasteiger partial charge on any atom is -0.497 e. The summed E-state index contributed by atoms with van der Waals surface area (Å²) in [5.74, 6) is 0.190. The van der Waals surface area contributed by atoms with Gasteiger partial charge in [-0.2, -0.15) is 5.26 Å². The summed E-state index contributed by atoms with van der Waals surface area (Å²) in [5, 5.41) is 12.2. The molecule has 7 heteroatoms. The van der Waals surface area contributed by atoms with Gasteiger partial charge in [0.2, 0.25) is 0 Å². The summed E-state index contributed by atoms with van der Waals surface area (Å²) in [7, 11) is 1.51. The van der Waals surface area contributed by atoms with Crippen molar-refractivity contribution in [1.82, 2.24) is 10.2 Å². The molecule has 1 saturated heterocycles. The van der Waals surface area contributed by atoms with Crippen molar-refractivity contribution < 1.29 is 9.13 Å². The molecule has 1 aromatic carbocycles. The average molecular weight is 336 g/mol. The summed E-state index contributed by atoms with van der Waals surface area (Å²) in [4.78, 5) is 2.16. The van der Waals surface area contributed by atoms with E-state index in [2.05, 4.69) is 16.3 Å². The van der Waals surface area contributed by atoms with Crippen LogP contribution in [0.5, 0.6) is 5.75 Å². The molecular weight excluding hydrogens is 316 g/mol. The number of nitrogens with zero attached hydrogens (tertiary/aromatic N) is 2. The lowest BCUT2D eigenvalue weighted by Crippen LogP contribution is -2.45. The fraction of sp³-hybridized carbons (Fsp3) is 0.500. The minimum atomic E-state index is -0.307. The zero-order valence-corrected chi connectivity index (χ0v) is 13.5. The van der Waals surface area contributed by atoms with Gasteiger partial charge in [0, 0.05) is 37.8 Å². The number of piperazine rings is 1. The van der Waals surface area contributed by atoms with Crippen LogP contribution < -0.4 is 10.1 Å². The van der Waals surface area contributed by atoms with Gasteiger partial charge < -0.3 is 10.1 Å². The topological polar surface area (TPSA) is 48.3 Å². The Morgan fingerprint density at radius 1 is 1.38 bits per heavy atom. The molecule has 0 radical (unpaired) electrons. The molecule has 21 heavy (non-hydrogen) atoms. The fourth-order valence-electron chi connectivity index (χ4n) is 2.42. The number of hydrogen-bond acceptors (Lipinski definition) is 4.